The summed E-state index contributed by atoms with van der Waals surface area (Å²) in [6.45, 7) is 4.13. The second-order valence-electron chi connectivity index (χ2n) is 4.80. The van der Waals surface area contributed by atoms with E-state index in [9.17, 15) is 5.11 Å². The Morgan fingerprint density at radius 3 is 2.94 bits per heavy atom. The van der Waals surface area contributed by atoms with Gasteiger partial charge in [0.1, 0.15) is 5.75 Å². The van der Waals surface area contributed by atoms with Crippen molar-refractivity contribution in [2.45, 2.75) is 25.4 Å². The summed E-state index contributed by atoms with van der Waals surface area (Å²) in [6.07, 6.45) is 1.06. The average Bonchev–Trinajstić information content (AvgIpc) is 2.60. The first-order chi connectivity index (χ1) is 8.76. The smallest absolute Gasteiger partial charge is 0.142 e. The van der Waals surface area contributed by atoms with Crippen molar-refractivity contribution in [3.05, 3.63) is 24.3 Å². The summed E-state index contributed by atoms with van der Waals surface area (Å²) in [5.74, 6) is 0.892. The normalized spacial score (nSPS) is 24.7. The van der Waals surface area contributed by atoms with Gasteiger partial charge in [0.05, 0.1) is 19.4 Å². The van der Waals surface area contributed by atoms with Gasteiger partial charge in [-0.2, -0.15) is 0 Å². The molecular formula is C14H22N2O2. The third-order valence-electron chi connectivity index (χ3n) is 3.56. The summed E-state index contributed by atoms with van der Waals surface area (Å²) in [4.78, 5) is 2.32. The van der Waals surface area contributed by atoms with Crippen molar-refractivity contribution in [3.8, 4) is 5.75 Å². The Balaban J connectivity index is 2.27. The molecule has 0 amide bonds. The minimum Gasteiger partial charge on any atom is -0.495 e. The van der Waals surface area contributed by atoms with Crippen LogP contribution in [-0.2, 0) is 0 Å². The van der Waals surface area contributed by atoms with Gasteiger partial charge in [0.15, 0.2) is 0 Å². The maximum atomic E-state index is 9.37. The summed E-state index contributed by atoms with van der Waals surface area (Å²) in [5, 5.41) is 12.7. The van der Waals surface area contributed by atoms with E-state index >= 15 is 0 Å². The molecule has 2 atom stereocenters. The van der Waals surface area contributed by atoms with E-state index in [1.807, 2.05) is 18.2 Å². The molecule has 2 unspecified atom stereocenters. The van der Waals surface area contributed by atoms with Crippen LogP contribution in [0.3, 0.4) is 0 Å². The molecule has 1 saturated heterocycles. The summed E-state index contributed by atoms with van der Waals surface area (Å²) in [6, 6.07) is 8.62. The zero-order valence-electron chi connectivity index (χ0n) is 11.1. The number of ether oxygens (including phenoxy) is 1. The topological polar surface area (TPSA) is 44.7 Å². The van der Waals surface area contributed by atoms with Gasteiger partial charge in [-0.1, -0.05) is 12.1 Å². The molecule has 1 aromatic rings. The number of nitrogens with one attached hydrogen (secondary N) is 1. The van der Waals surface area contributed by atoms with Gasteiger partial charge < -0.3 is 20.1 Å². The molecule has 0 aromatic heterocycles. The van der Waals surface area contributed by atoms with Crippen molar-refractivity contribution < 1.29 is 9.84 Å². The monoisotopic (exact) mass is 250 g/mol. The first-order valence-corrected chi connectivity index (χ1v) is 6.50. The highest BCUT2D eigenvalue weighted by Crippen LogP contribution is 2.30. The van der Waals surface area contributed by atoms with Crippen LogP contribution in [0.5, 0.6) is 5.75 Å². The fourth-order valence-corrected chi connectivity index (χ4v) is 2.46. The number of benzene rings is 1. The van der Waals surface area contributed by atoms with Gasteiger partial charge in [0.25, 0.3) is 0 Å². The van der Waals surface area contributed by atoms with E-state index in [1.54, 1.807) is 7.11 Å². The van der Waals surface area contributed by atoms with Crippen molar-refractivity contribution in [2.75, 3.05) is 31.7 Å². The van der Waals surface area contributed by atoms with Crippen LogP contribution in [0.25, 0.3) is 0 Å². The molecule has 0 saturated carbocycles. The van der Waals surface area contributed by atoms with Crippen molar-refractivity contribution in [1.82, 2.24) is 5.32 Å². The van der Waals surface area contributed by atoms with Crippen LogP contribution in [0.2, 0.25) is 0 Å². The summed E-state index contributed by atoms with van der Waals surface area (Å²) >= 11 is 0. The number of anilines is 1. The van der Waals surface area contributed by atoms with E-state index in [1.165, 1.54) is 0 Å². The molecule has 1 aromatic carbocycles. The van der Waals surface area contributed by atoms with Crippen molar-refractivity contribution in [1.29, 1.82) is 0 Å². The molecule has 1 aliphatic heterocycles. The Hall–Kier alpha value is -1.26. The maximum absolute atomic E-state index is 9.37. The summed E-state index contributed by atoms with van der Waals surface area (Å²) < 4.78 is 5.43. The quantitative estimate of drug-likeness (QED) is 0.847. The maximum Gasteiger partial charge on any atom is 0.142 e. The third kappa shape index (κ3) is 2.76. The van der Waals surface area contributed by atoms with E-state index < -0.39 is 0 Å². The minimum atomic E-state index is 0.125. The fourth-order valence-electron chi connectivity index (χ4n) is 2.46. The van der Waals surface area contributed by atoms with Gasteiger partial charge in [0, 0.05) is 18.6 Å². The highest BCUT2D eigenvalue weighted by molar-refractivity contribution is 5.59. The van der Waals surface area contributed by atoms with Gasteiger partial charge in [-0.05, 0) is 32.0 Å². The molecule has 100 valence electrons. The molecule has 4 heteroatoms. The van der Waals surface area contributed by atoms with Crippen LogP contribution in [0.4, 0.5) is 5.69 Å². The predicted octanol–water partition coefficient (Wildman–Crippen LogP) is 1.24. The highest BCUT2D eigenvalue weighted by Gasteiger charge is 2.24. The molecule has 0 spiro atoms. The molecule has 0 radical (unpaired) electrons. The molecule has 4 nitrogen and oxygen atoms in total. The van der Waals surface area contributed by atoms with Crippen molar-refractivity contribution in [2.24, 2.45) is 0 Å². The standard InChI is InChI=1S/C14H22N2O2/c1-11-7-8-15-12(10-17)9-16(11)13-5-3-4-6-14(13)18-2/h3-6,11-12,15,17H,7-10H2,1-2H3. The molecule has 18 heavy (non-hydrogen) atoms. The Bertz CT molecular complexity index is 384. The van der Waals surface area contributed by atoms with Crippen LogP contribution in [0, 0.1) is 0 Å². The minimum absolute atomic E-state index is 0.125. The molecular weight excluding hydrogens is 228 g/mol. The SMILES string of the molecule is COc1ccccc1N1CC(CO)NCCC1C. The van der Waals surface area contributed by atoms with Crippen LogP contribution in [-0.4, -0.2) is 44.0 Å². The second kappa shape index (κ2) is 6.07. The molecule has 0 aliphatic carbocycles. The Labute approximate surface area is 109 Å². The second-order valence-corrected chi connectivity index (χ2v) is 4.80. The van der Waals surface area contributed by atoms with Crippen LogP contribution >= 0.6 is 0 Å². The molecule has 2 rings (SSSR count). The van der Waals surface area contributed by atoms with Crippen molar-refractivity contribution in [3.63, 3.8) is 0 Å². The first kappa shape index (κ1) is 13.2. The van der Waals surface area contributed by atoms with Crippen LogP contribution in [0.15, 0.2) is 24.3 Å². The van der Waals surface area contributed by atoms with E-state index in [0.717, 1.165) is 30.9 Å². The van der Waals surface area contributed by atoms with Crippen LogP contribution < -0.4 is 15.0 Å². The summed E-state index contributed by atoms with van der Waals surface area (Å²) in [7, 11) is 1.70. The molecule has 1 aliphatic rings. The number of rotatable bonds is 3. The van der Waals surface area contributed by atoms with Gasteiger partial charge in [-0.15, -0.1) is 0 Å². The number of hydrogen-bond acceptors (Lipinski definition) is 4. The van der Waals surface area contributed by atoms with Gasteiger partial charge in [-0.25, -0.2) is 0 Å². The number of para-hydroxylation sites is 2. The largest absolute Gasteiger partial charge is 0.495 e. The lowest BCUT2D eigenvalue weighted by atomic mass is 10.1. The Morgan fingerprint density at radius 2 is 2.22 bits per heavy atom. The molecule has 1 fully saturated rings. The molecule has 0 bridgehead atoms. The van der Waals surface area contributed by atoms with E-state index in [0.29, 0.717) is 6.04 Å². The fraction of sp³-hybridized carbons (Fsp3) is 0.571. The Morgan fingerprint density at radius 1 is 1.44 bits per heavy atom. The number of aliphatic hydroxyl groups is 1. The number of methoxy groups -OCH3 is 1. The Kier molecular flexibility index (Phi) is 4.44. The highest BCUT2D eigenvalue weighted by atomic mass is 16.5. The summed E-state index contributed by atoms with van der Waals surface area (Å²) in [5.41, 5.74) is 1.11. The van der Waals surface area contributed by atoms with Gasteiger partial charge >= 0.3 is 0 Å². The number of nitrogens with zero attached hydrogens (tertiary/aromatic N) is 1. The third-order valence-corrected chi connectivity index (χ3v) is 3.56. The lowest BCUT2D eigenvalue weighted by Crippen LogP contribution is -2.42. The number of aliphatic hydroxyl groups excluding tert-OH is 1. The molecule has 1 heterocycles. The van der Waals surface area contributed by atoms with E-state index in [-0.39, 0.29) is 12.6 Å². The van der Waals surface area contributed by atoms with Crippen LogP contribution in [0.1, 0.15) is 13.3 Å². The first-order valence-electron chi connectivity index (χ1n) is 6.50. The van der Waals surface area contributed by atoms with E-state index in [4.69, 9.17) is 4.74 Å². The lowest BCUT2D eigenvalue weighted by Gasteiger charge is -2.32. The molecule has 2 N–H and O–H groups in total. The number of hydrogen-bond donors (Lipinski definition) is 2. The predicted molar refractivity (Wildman–Crippen MR) is 73.3 cm³/mol. The zero-order valence-corrected chi connectivity index (χ0v) is 11.1. The van der Waals surface area contributed by atoms with E-state index in [2.05, 4.69) is 23.2 Å². The van der Waals surface area contributed by atoms with Gasteiger partial charge in [-0.3, -0.25) is 0 Å². The zero-order chi connectivity index (χ0) is 13.0. The van der Waals surface area contributed by atoms with Crippen molar-refractivity contribution >= 4 is 5.69 Å². The average molecular weight is 250 g/mol. The van der Waals surface area contributed by atoms with Gasteiger partial charge in [0.2, 0.25) is 0 Å². The lowest BCUT2D eigenvalue weighted by molar-refractivity contribution is 0.248.